The molecule has 0 amide bonds. The number of hydrogen-bond donors (Lipinski definition) is 1. The Morgan fingerprint density at radius 2 is 2.00 bits per heavy atom. The molecule has 4 aromatic rings. The lowest BCUT2D eigenvalue weighted by molar-refractivity contribution is 0.123. The van der Waals surface area contributed by atoms with Crippen LogP contribution < -0.4 is 15.8 Å². The number of nitrogens with one attached hydrogen (secondary N) is 1. The molecule has 0 unspecified atom stereocenters. The van der Waals surface area contributed by atoms with Crippen LogP contribution in [0.2, 0.25) is 0 Å². The van der Waals surface area contributed by atoms with E-state index in [9.17, 15) is 4.79 Å². The van der Waals surface area contributed by atoms with E-state index in [2.05, 4.69) is 25.3 Å². The molecule has 4 aromatic heterocycles. The zero-order chi connectivity index (χ0) is 20.9. The number of aromatic nitrogens is 6. The summed E-state index contributed by atoms with van der Waals surface area (Å²) in [7, 11) is 0. The number of fused-ring (bicyclic) bond motifs is 2. The Bertz CT molecular complexity index is 1350. The lowest BCUT2D eigenvalue weighted by Crippen LogP contribution is -2.37. The first-order valence-electron chi connectivity index (χ1n) is 10.5. The molecule has 2 aliphatic rings. The van der Waals surface area contributed by atoms with Crippen LogP contribution in [0.25, 0.3) is 16.7 Å². The van der Waals surface area contributed by atoms with Gasteiger partial charge in [-0.3, -0.25) is 4.79 Å². The lowest BCUT2D eigenvalue weighted by atomic mass is 10.2. The molecular formula is C21H22N8O2. The highest BCUT2D eigenvalue weighted by molar-refractivity contribution is 5.89. The van der Waals surface area contributed by atoms with Gasteiger partial charge in [-0.1, -0.05) is 0 Å². The molecule has 0 spiro atoms. The second-order valence-electron chi connectivity index (χ2n) is 8.05. The van der Waals surface area contributed by atoms with Gasteiger partial charge < -0.3 is 19.5 Å². The molecule has 2 fully saturated rings. The number of morpholine rings is 1. The van der Waals surface area contributed by atoms with Gasteiger partial charge in [0.25, 0.3) is 5.56 Å². The van der Waals surface area contributed by atoms with Gasteiger partial charge in [-0.15, -0.1) is 0 Å². The third-order valence-electron chi connectivity index (χ3n) is 5.90. The Morgan fingerprint density at radius 1 is 1.16 bits per heavy atom. The number of pyridine rings is 2. The molecule has 10 heteroatoms. The van der Waals surface area contributed by atoms with Gasteiger partial charge in [0.1, 0.15) is 11.8 Å². The first-order valence-corrected chi connectivity index (χ1v) is 10.5. The molecule has 0 bridgehead atoms. The molecule has 0 atom stereocenters. The molecule has 0 radical (unpaired) electrons. The number of ether oxygens (including phenoxy) is 1. The summed E-state index contributed by atoms with van der Waals surface area (Å²) in [6.07, 6.45) is 7.19. The minimum Gasteiger partial charge on any atom is -0.378 e. The fourth-order valence-electron chi connectivity index (χ4n) is 4.14. The summed E-state index contributed by atoms with van der Waals surface area (Å²) in [5.41, 5.74) is 5.06. The number of rotatable bonds is 4. The van der Waals surface area contributed by atoms with Crippen LogP contribution in [0.15, 0.2) is 35.6 Å². The Hall–Kier alpha value is -3.53. The molecule has 1 aliphatic heterocycles. The molecule has 1 saturated heterocycles. The SMILES string of the molecule is Cc1cc2ncnn2cc1Nc1ncc2c(n1)c(N1CCOCC1)cc(=O)n2C1CC1. The van der Waals surface area contributed by atoms with Gasteiger partial charge in [0.2, 0.25) is 5.95 Å². The number of hydrogen-bond acceptors (Lipinski definition) is 8. The zero-order valence-electron chi connectivity index (χ0n) is 17.2. The van der Waals surface area contributed by atoms with Crippen molar-refractivity contribution < 1.29 is 4.74 Å². The summed E-state index contributed by atoms with van der Waals surface area (Å²) in [5.74, 6) is 0.477. The largest absolute Gasteiger partial charge is 0.378 e. The summed E-state index contributed by atoms with van der Waals surface area (Å²) in [5, 5.41) is 7.52. The minimum atomic E-state index is 0.00767. The second-order valence-corrected chi connectivity index (χ2v) is 8.05. The summed E-state index contributed by atoms with van der Waals surface area (Å²) in [6, 6.07) is 3.92. The highest BCUT2D eigenvalue weighted by Gasteiger charge is 2.28. The predicted octanol–water partition coefficient (Wildman–Crippen LogP) is 2.06. The van der Waals surface area contributed by atoms with E-state index in [1.807, 2.05) is 23.8 Å². The maximum atomic E-state index is 12.9. The van der Waals surface area contributed by atoms with Crippen molar-refractivity contribution >= 4 is 34.0 Å². The van der Waals surface area contributed by atoms with Crippen molar-refractivity contribution in [3.63, 3.8) is 0 Å². The van der Waals surface area contributed by atoms with Gasteiger partial charge in [0.05, 0.1) is 42.5 Å². The van der Waals surface area contributed by atoms with Gasteiger partial charge >= 0.3 is 0 Å². The van der Waals surface area contributed by atoms with E-state index >= 15 is 0 Å². The van der Waals surface area contributed by atoms with Crippen molar-refractivity contribution in [1.29, 1.82) is 0 Å². The molecule has 5 heterocycles. The molecule has 31 heavy (non-hydrogen) atoms. The summed E-state index contributed by atoms with van der Waals surface area (Å²) in [6.45, 7) is 4.75. The summed E-state index contributed by atoms with van der Waals surface area (Å²) >= 11 is 0. The second kappa shape index (κ2) is 7.02. The Morgan fingerprint density at radius 3 is 2.81 bits per heavy atom. The smallest absolute Gasteiger partial charge is 0.253 e. The fraction of sp³-hybridized carbons (Fsp3) is 0.381. The highest BCUT2D eigenvalue weighted by Crippen LogP contribution is 2.37. The van der Waals surface area contributed by atoms with E-state index in [0.717, 1.165) is 59.5 Å². The molecule has 1 aliphatic carbocycles. The minimum absolute atomic E-state index is 0.00767. The van der Waals surface area contributed by atoms with Gasteiger partial charge in [-0.2, -0.15) is 5.10 Å². The van der Waals surface area contributed by atoms with Crippen LogP contribution in [-0.2, 0) is 4.74 Å². The van der Waals surface area contributed by atoms with Crippen molar-refractivity contribution in [2.24, 2.45) is 0 Å². The van der Waals surface area contributed by atoms with Crippen molar-refractivity contribution in [1.82, 2.24) is 29.1 Å². The molecular weight excluding hydrogens is 396 g/mol. The van der Waals surface area contributed by atoms with E-state index in [1.165, 1.54) is 6.33 Å². The standard InChI is InChI=1S/C21H22N8O2/c1-13-8-18-23-12-24-28(18)11-15(13)25-21-22-10-17-20(26-21)16(27-4-6-31-7-5-27)9-19(30)29(17)14-2-3-14/h8-12,14H,2-7H2,1H3,(H,22,25,26). The number of aryl methyl sites for hydroxylation is 1. The third kappa shape index (κ3) is 3.19. The molecule has 6 rings (SSSR count). The molecule has 1 N–H and O–H groups in total. The maximum Gasteiger partial charge on any atom is 0.253 e. The molecule has 1 saturated carbocycles. The Labute approximate surface area is 177 Å². The Balaban J connectivity index is 1.47. The first kappa shape index (κ1) is 18.3. The number of anilines is 3. The zero-order valence-corrected chi connectivity index (χ0v) is 17.2. The monoisotopic (exact) mass is 418 g/mol. The molecule has 0 aromatic carbocycles. The maximum absolute atomic E-state index is 12.9. The average molecular weight is 418 g/mol. The topological polar surface area (TPSA) is 102 Å². The van der Waals surface area contributed by atoms with E-state index < -0.39 is 0 Å². The van der Waals surface area contributed by atoms with E-state index in [4.69, 9.17) is 9.72 Å². The summed E-state index contributed by atoms with van der Waals surface area (Å²) in [4.78, 5) is 28.7. The predicted molar refractivity (Wildman–Crippen MR) is 116 cm³/mol. The summed E-state index contributed by atoms with van der Waals surface area (Å²) < 4.78 is 9.05. The van der Waals surface area contributed by atoms with Gasteiger partial charge in [0, 0.05) is 25.2 Å². The quantitative estimate of drug-likeness (QED) is 0.537. The fourth-order valence-corrected chi connectivity index (χ4v) is 4.14. The Kier molecular flexibility index (Phi) is 4.13. The van der Waals surface area contributed by atoms with Crippen molar-refractivity contribution in [2.75, 3.05) is 36.5 Å². The lowest BCUT2D eigenvalue weighted by Gasteiger charge is -2.29. The van der Waals surface area contributed by atoms with Crippen LogP contribution in [0.5, 0.6) is 0 Å². The van der Waals surface area contributed by atoms with E-state index in [-0.39, 0.29) is 11.6 Å². The first-order chi connectivity index (χ1) is 15.2. The van der Waals surface area contributed by atoms with E-state index in [1.54, 1.807) is 16.8 Å². The van der Waals surface area contributed by atoms with Crippen LogP contribution in [0.1, 0.15) is 24.4 Å². The molecule has 10 nitrogen and oxygen atoms in total. The molecule has 158 valence electrons. The average Bonchev–Trinajstić information content (AvgIpc) is 3.52. The third-order valence-corrected chi connectivity index (χ3v) is 5.90. The highest BCUT2D eigenvalue weighted by atomic mass is 16.5. The van der Waals surface area contributed by atoms with Crippen molar-refractivity contribution in [2.45, 2.75) is 25.8 Å². The van der Waals surface area contributed by atoms with Crippen LogP contribution in [0.3, 0.4) is 0 Å². The van der Waals surface area contributed by atoms with Gasteiger partial charge in [-0.05, 0) is 31.4 Å². The normalized spacial score (nSPS) is 16.9. The van der Waals surface area contributed by atoms with E-state index in [0.29, 0.717) is 19.2 Å². The van der Waals surface area contributed by atoms with Gasteiger partial charge in [-0.25, -0.2) is 19.5 Å². The number of nitrogens with zero attached hydrogens (tertiary/aromatic N) is 7. The van der Waals surface area contributed by atoms with Crippen LogP contribution in [-0.4, -0.2) is 55.4 Å². The van der Waals surface area contributed by atoms with Crippen molar-refractivity contribution in [3.05, 3.63) is 46.8 Å². The van der Waals surface area contributed by atoms with Crippen LogP contribution in [0.4, 0.5) is 17.3 Å². The van der Waals surface area contributed by atoms with Crippen LogP contribution >= 0.6 is 0 Å². The van der Waals surface area contributed by atoms with Crippen molar-refractivity contribution in [3.8, 4) is 0 Å². The van der Waals surface area contributed by atoms with Crippen LogP contribution in [0, 0.1) is 6.92 Å². The van der Waals surface area contributed by atoms with Gasteiger partial charge in [0.15, 0.2) is 5.65 Å².